The fraction of sp³-hybridized carbons (Fsp3) is 0.485. The van der Waals surface area contributed by atoms with Crippen LogP contribution in [0.4, 0.5) is 0 Å². The second kappa shape index (κ2) is 10.8. The van der Waals surface area contributed by atoms with Crippen LogP contribution in [-0.4, -0.2) is 49.9 Å². The molecule has 1 spiro atoms. The molecule has 1 aliphatic carbocycles. The number of fused-ring (bicyclic) bond motifs is 2. The summed E-state index contributed by atoms with van der Waals surface area (Å²) in [6, 6.07) is 14.0. The summed E-state index contributed by atoms with van der Waals surface area (Å²) < 4.78 is 18.3. The molecule has 1 fully saturated rings. The highest BCUT2D eigenvalue weighted by Gasteiger charge is 2.46. The van der Waals surface area contributed by atoms with Gasteiger partial charge in [-0.1, -0.05) is 39.0 Å². The first-order valence-electron chi connectivity index (χ1n) is 14.5. The molecule has 41 heavy (non-hydrogen) atoms. The van der Waals surface area contributed by atoms with Crippen LogP contribution in [0.3, 0.4) is 0 Å². The predicted molar refractivity (Wildman–Crippen MR) is 162 cm³/mol. The summed E-state index contributed by atoms with van der Waals surface area (Å²) >= 11 is 0. The third-order valence-electron chi connectivity index (χ3n) is 9.15. The monoisotopic (exact) mass is 571 g/mol. The third-order valence-corrected chi connectivity index (χ3v) is 13.6. The van der Waals surface area contributed by atoms with Crippen molar-refractivity contribution in [1.29, 1.82) is 5.26 Å². The maximum absolute atomic E-state index is 13.2. The van der Waals surface area contributed by atoms with Crippen LogP contribution >= 0.6 is 0 Å². The van der Waals surface area contributed by atoms with E-state index in [0.717, 1.165) is 43.5 Å². The molecule has 2 aliphatic rings. The summed E-state index contributed by atoms with van der Waals surface area (Å²) in [5.74, 6) is 1.83. The van der Waals surface area contributed by atoms with Crippen molar-refractivity contribution in [3.8, 4) is 34.6 Å². The van der Waals surface area contributed by atoms with E-state index < -0.39 is 8.32 Å². The zero-order valence-corrected chi connectivity index (χ0v) is 26.3. The lowest BCUT2D eigenvalue weighted by molar-refractivity contribution is -0.132. The Balaban J connectivity index is 1.34. The van der Waals surface area contributed by atoms with Crippen molar-refractivity contribution in [2.75, 3.05) is 19.7 Å². The Morgan fingerprint density at radius 1 is 1.22 bits per heavy atom. The van der Waals surface area contributed by atoms with Gasteiger partial charge in [-0.3, -0.25) is 4.79 Å². The number of carbonyl (C=O) groups excluding carboxylic acids is 1. The number of nitrogens with zero attached hydrogens (tertiary/aromatic N) is 3. The second-order valence-corrected chi connectivity index (χ2v) is 18.1. The van der Waals surface area contributed by atoms with Crippen LogP contribution in [-0.2, 0) is 21.1 Å². The third kappa shape index (κ3) is 5.58. The highest BCUT2D eigenvalue weighted by atomic mass is 28.4. The van der Waals surface area contributed by atoms with Crippen LogP contribution in [0.5, 0.6) is 5.75 Å². The van der Waals surface area contributed by atoms with Gasteiger partial charge in [0.25, 0.3) is 0 Å². The lowest BCUT2D eigenvalue weighted by Gasteiger charge is -2.36. The summed E-state index contributed by atoms with van der Waals surface area (Å²) in [7, 11) is -1.98. The van der Waals surface area contributed by atoms with Gasteiger partial charge in [-0.05, 0) is 80.6 Å². The summed E-state index contributed by atoms with van der Waals surface area (Å²) in [5.41, 5.74) is 4.79. The molecule has 1 aliphatic heterocycles. The Hall–Kier alpha value is -3.41. The molecule has 8 heteroatoms. The van der Waals surface area contributed by atoms with Gasteiger partial charge in [0, 0.05) is 29.6 Å². The fourth-order valence-corrected chi connectivity index (χ4v) is 6.70. The second-order valence-electron chi connectivity index (χ2n) is 13.2. The van der Waals surface area contributed by atoms with E-state index in [1.54, 1.807) is 18.3 Å². The molecule has 2 heterocycles. The van der Waals surface area contributed by atoms with Crippen molar-refractivity contribution < 1.29 is 18.4 Å². The number of hydrogen-bond acceptors (Lipinski definition) is 6. The molecular weight excluding hydrogens is 530 g/mol. The first-order chi connectivity index (χ1) is 19.3. The quantitative estimate of drug-likeness (QED) is 0.281. The van der Waals surface area contributed by atoms with Crippen molar-refractivity contribution in [3.05, 3.63) is 59.3 Å². The Bertz CT molecular complexity index is 1500. The predicted octanol–water partition coefficient (Wildman–Crippen LogP) is 7.11. The molecule has 2 aromatic carbocycles. The number of rotatable bonds is 7. The number of likely N-dealkylation sites (tertiary alicyclic amines) is 1. The molecule has 7 nitrogen and oxygen atoms in total. The molecule has 1 atom stereocenters. The van der Waals surface area contributed by atoms with E-state index in [1.807, 2.05) is 24.8 Å². The van der Waals surface area contributed by atoms with Crippen molar-refractivity contribution in [3.63, 3.8) is 0 Å². The zero-order valence-electron chi connectivity index (χ0n) is 25.3. The van der Waals surface area contributed by atoms with E-state index in [0.29, 0.717) is 23.0 Å². The van der Waals surface area contributed by atoms with E-state index in [1.165, 1.54) is 11.1 Å². The van der Waals surface area contributed by atoms with Crippen LogP contribution in [0.1, 0.15) is 64.2 Å². The van der Waals surface area contributed by atoms with E-state index in [-0.39, 0.29) is 29.1 Å². The molecule has 0 N–H and O–H groups in total. The molecule has 5 rings (SSSR count). The molecule has 0 radical (unpaired) electrons. The number of oxazole rings is 1. The highest BCUT2D eigenvalue weighted by molar-refractivity contribution is 6.74. The van der Waals surface area contributed by atoms with Crippen molar-refractivity contribution in [2.45, 2.75) is 83.5 Å². The minimum atomic E-state index is -1.98. The minimum Gasteiger partial charge on any atom is -0.490 e. The molecule has 0 saturated carbocycles. The van der Waals surface area contributed by atoms with E-state index in [9.17, 15) is 10.1 Å². The van der Waals surface area contributed by atoms with Crippen molar-refractivity contribution in [1.82, 2.24) is 9.88 Å². The standard InChI is InChI=1S/C33H41N3O4Si/c1-22(2)39-28-12-11-23(17-24(28)18-34)31-35-19-29(40-31)26-9-8-10-27-25(26)13-14-33(27)15-16-36(21-33)30(37)20-38-41(6,7)32(3,4)5/h8-12,17,19,22H,13-16,20-21H2,1-7H3. The summed E-state index contributed by atoms with van der Waals surface area (Å²) in [6.45, 7) is 16.5. The SMILES string of the molecule is CC(C)Oc1ccc(-c2ncc(-c3cccc4c3CCC43CCN(C(=O)CO[Si](C)(C)C(C)(C)C)C3)o2)cc1C#N. The number of carbonyl (C=O) groups is 1. The maximum Gasteiger partial charge on any atom is 0.247 e. The van der Waals surface area contributed by atoms with E-state index >= 15 is 0 Å². The topological polar surface area (TPSA) is 88.6 Å². The highest BCUT2D eigenvalue weighted by Crippen LogP contribution is 2.48. The van der Waals surface area contributed by atoms with Crippen molar-refractivity contribution in [2.24, 2.45) is 0 Å². The number of ether oxygens (including phenoxy) is 1. The summed E-state index contributed by atoms with van der Waals surface area (Å²) in [4.78, 5) is 19.7. The van der Waals surface area contributed by atoms with Gasteiger partial charge in [0.05, 0.1) is 17.9 Å². The first-order valence-corrected chi connectivity index (χ1v) is 17.5. The molecule has 216 valence electrons. The Labute approximate surface area is 244 Å². The van der Waals surface area contributed by atoms with Gasteiger partial charge in [0.15, 0.2) is 14.1 Å². The number of amides is 1. The lowest BCUT2D eigenvalue weighted by atomic mass is 9.81. The zero-order chi connectivity index (χ0) is 29.6. The van der Waals surface area contributed by atoms with Crippen LogP contribution < -0.4 is 4.74 Å². The number of benzene rings is 2. The average Bonchev–Trinajstić information content (AvgIpc) is 3.66. The van der Waals surface area contributed by atoms with Crippen molar-refractivity contribution >= 4 is 14.2 Å². The first kappa shape index (κ1) is 29.1. The molecule has 3 aromatic rings. The van der Waals surface area contributed by atoms with Gasteiger partial charge >= 0.3 is 0 Å². The maximum atomic E-state index is 13.2. The summed E-state index contributed by atoms with van der Waals surface area (Å²) in [5, 5.41) is 9.71. The van der Waals surface area contributed by atoms with E-state index in [2.05, 4.69) is 63.1 Å². The summed E-state index contributed by atoms with van der Waals surface area (Å²) in [6.07, 6.45) is 4.65. The van der Waals surface area contributed by atoms with Gasteiger partial charge in [-0.2, -0.15) is 5.26 Å². The van der Waals surface area contributed by atoms with Crippen LogP contribution in [0.25, 0.3) is 22.8 Å². The van der Waals surface area contributed by atoms with Gasteiger partial charge in [-0.15, -0.1) is 0 Å². The minimum absolute atomic E-state index is 0.0227. The van der Waals surface area contributed by atoms with E-state index in [4.69, 9.17) is 13.6 Å². The van der Waals surface area contributed by atoms with Crippen LogP contribution in [0.2, 0.25) is 18.1 Å². The molecule has 1 amide bonds. The van der Waals surface area contributed by atoms with Crippen LogP contribution in [0, 0.1) is 11.3 Å². The Morgan fingerprint density at radius 2 is 2.00 bits per heavy atom. The average molecular weight is 572 g/mol. The largest absolute Gasteiger partial charge is 0.490 e. The normalized spacial score (nSPS) is 18.7. The Morgan fingerprint density at radius 3 is 2.71 bits per heavy atom. The van der Waals surface area contributed by atoms with Gasteiger partial charge < -0.3 is 18.5 Å². The number of aromatic nitrogens is 1. The molecule has 0 bridgehead atoms. The molecule has 1 saturated heterocycles. The molecular formula is C33H41N3O4Si. The van der Waals surface area contributed by atoms with Gasteiger partial charge in [-0.25, -0.2) is 4.98 Å². The van der Waals surface area contributed by atoms with Gasteiger partial charge in [0.2, 0.25) is 11.8 Å². The Kier molecular flexibility index (Phi) is 7.64. The lowest BCUT2D eigenvalue weighted by Crippen LogP contribution is -2.44. The fourth-order valence-electron chi connectivity index (χ4n) is 5.78. The van der Waals surface area contributed by atoms with Crippen LogP contribution in [0.15, 0.2) is 47.0 Å². The van der Waals surface area contributed by atoms with Gasteiger partial charge in [0.1, 0.15) is 18.4 Å². The molecule has 1 unspecified atom stereocenters. The smallest absolute Gasteiger partial charge is 0.247 e. The number of hydrogen-bond donors (Lipinski definition) is 0. The molecule has 1 aromatic heterocycles. The number of nitriles is 1.